The molecule has 1 amide bonds. The van der Waals surface area contributed by atoms with Crippen LogP contribution in [-0.2, 0) is 27.5 Å². The molecule has 3 heterocycles. The number of unbranched alkanes of at least 4 members (excludes halogenated alkanes) is 3. The van der Waals surface area contributed by atoms with Crippen molar-refractivity contribution in [3.8, 4) is 0 Å². The largest absolute Gasteiger partial charge is 0.481 e. The number of imidazole rings is 1. The van der Waals surface area contributed by atoms with Gasteiger partial charge in [0.25, 0.3) is 0 Å². The lowest BCUT2D eigenvalue weighted by atomic mass is 10.1. The van der Waals surface area contributed by atoms with Gasteiger partial charge in [-0.3, -0.25) is 13.9 Å². The summed E-state index contributed by atoms with van der Waals surface area (Å²) in [5, 5.41) is 26.8. The molecule has 1 saturated heterocycles. The van der Waals surface area contributed by atoms with Crippen molar-refractivity contribution in [3.63, 3.8) is 0 Å². The Labute approximate surface area is 230 Å². The van der Waals surface area contributed by atoms with Crippen molar-refractivity contribution >= 4 is 61.1 Å². The normalized spacial score (nSPS) is 23.4. The number of carbonyl (C=O) groups is 1. The van der Waals surface area contributed by atoms with Crippen molar-refractivity contribution < 1.29 is 52.4 Å². The summed E-state index contributed by atoms with van der Waals surface area (Å²) in [5.74, 6) is 0.476. The van der Waals surface area contributed by atoms with E-state index in [-0.39, 0.29) is 11.6 Å². The topological polar surface area (TPSA) is 248 Å². The Morgan fingerprint density at radius 1 is 1.08 bits per heavy atom. The second kappa shape index (κ2) is 13.8. The third-order valence-corrected chi connectivity index (χ3v) is 8.27. The molecule has 1 unspecified atom stereocenters. The number of carbonyl (C=O) groups excluding carboxylic acids is 1. The molecule has 3 rings (SSSR count). The van der Waals surface area contributed by atoms with Gasteiger partial charge in [0.1, 0.15) is 24.6 Å². The molecule has 0 bridgehead atoms. The summed E-state index contributed by atoms with van der Waals surface area (Å²) in [6, 6.07) is 0. The number of halogens is 1. The first-order valence-electron chi connectivity index (χ1n) is 11.4. The second-order valence-electron chi connectivity index (χ2n) is 8.25. The molecule has 1 fully saturated rings. The van der Waals surface area contributed by atoms with Gasteiger partial charge < -0.3 is 40.3 Å². The minimum Gasteiger partial charge on any atom is -0.387 e. The fourth-order valence-corrected chi connectivity index (χ4v) is 5.54. The molecule has 5 atom stereocenters. The van der Waals surface area contributed by atoms with Crippen LogP contribution in [0.4, 0.5) is 5.82 Å². The average Bonchev–Trinajstić information content (AvgIpc) is 3.39. The summed E-state index contributed by atoms with van der Waals surface area (Å²) in [6.07, 6.45) is 0.602. The first kappa shape index (κ1) is 31.2. The van der Waals surface area contributed by atoms with Gasteiger partial charge in [0.05, 0.1) is 17.4 Å². The Morgan fingerprint density at radius 2 is 1.79 bits per heavy atom. The van der Waals surface area contributed by atoms with Crippen molar-refractivity contribution in [1.29, 1.82) is 0 Å². The third-order valence-electron chi connectivity index (χ3n) is 5.42. The molecule has 0 saturated carbocycles. The Bertz CT molecular complexity index is 1180. The van der Waals surface area contributed by atoms with E-state index < -0.39 is 46.8 Å². The van der Waals surface area contributed by atoms with Crippen LogP contribution in [0.1, 0.15) is 31.9 Å². The molecule has 0 spiro atoms. The number of aliphatic hydroxyl groups excluding tert-OH is 2. The van der Waals surface area contributed by atoms with Crippen LogP contribution < -0.4 is 10.6 Å². The van der Waals surface area contributed by atoms with E-state index in [2.05, 4.69) is 34.4 Å². The number of nitrogens with one attached hydrogen (secondary N) is 2. The maximum absolute atomic E-state index is 11.7. The number of amides is 1. The van der Waals surface area contributed by atoms with Crippen LogP contribution in [-0.4, -0.2) is 92.8 Å². The van der Waals surface area contributed by atoms with Crippen LogP contribution in [0.2, 0.25) is 0 Å². The summed E-state index contributed by atoms with van der Waals surface area (Å²) >= 11 is 2.01. The molecular weight excluding hydrogens is 665 g/mol. The summed E-state index contributed by atoms with van der Waals surface area (Å²) in [7, 11) is -10.5. The van der Waals surface area contributed by atoms with Gasteiger partial charge in [-0.05, 0) is 12.8 Å². The molecule has 38 heavy (non-hydrogen) atoms. The fraction of sp³-hybridized carbons (Fsp3) is 0.667. The zero-order chi connectivity index (χ0) is 27.9. The maximum atomic E-state index is 11.7. The molecule has 7 N–H and O–H groups in total. The molecule has 0 radical (unpaired) electrons. The Hall–Kier alpha value is -1.31. The van der Waals surface area contributed by atoms with Gasteiger partial charge in [-0.2, -0.15) is 4.31 Å². The highest BCUT2D eigenvalue weighted by Gasteiger charge is 2.46. The van der Waals surface area contributed by atoms with E-state index >= 15 is 0 Å². The third kappa shape index (κ3) is 8.85. The lowest BCUT2D eigenvalue weighted by Gasteiger charge is -2.17. The van der Waals surface area contributed by atoms with Gasteiger partial charge in [-0.25, -0.2) is 24.1 Å². The number of aromatic nitrogens is 4. The van der Waals surface area contributed by atoms with Crippen molar-refractivity contribution in [2.24, 2.45) is 0 Å². The molecule has 0 aliphatic carbocycles. The summed E-state index contributed by atoms with van der Waals surface area (Å²) < 4.78 is 38.0. The van der Waals surface area contributed by atoms with Crippen molar-refractivity contribution in [2.75, 3.05) is 29.4 Å². The van der Waals surface area contributed by atoms with E-state index in [1.54, 1.807) is 0 Å². The monoisotopic (exact) mass is 694 g/mol. The van der Waals surface area contributed by atoms with Crippen LogP contribution in [0.15, 0.2) is 12.7 Å². The number of aliphatic hydroxyl groups is 2. The second-order valence-corrected chi connectivity index (χ2v) is 11.8. The quantitative estimate of drug-likeness (QED) is 0.0569. The molecular formula is C18H29IN6O11P2. The highest BCUT2D eigenvalue weighted by atomic mass is 127. The number of hydrogen-bond donors (Lipinski definition) is 7. The van der Waals surface area contributed by atoms with Crippen LogP contribution in [0.3, 0.4) is 0 Å². The van der Waals surface area contributed by atoms with Crippen LogP contribution >= 0.6 is 38.2 Å². The van der Waals surface area contributed by atoms with E-state index in [1.807, 2.05) is 22.6 Å². The number of nitrogens with zero attached hydrogens (tertiary/aromatic N) is 4. The zero-order valence-corrected chi connectivity index (χ0v) is 23.8. The van der Waals surface area contributed by atoms with Crippen molar-refractivity contribution in [2.45, 2.75) is 50.2 Å². The van der Waals surface area contributed by atoms with E-state index in [0.29, 0.717) is 28.9 Å². The van der Waals surface area contributed by atoms with Gasteiger partial charge >= 0.3 is 15.6 Å². The van der Waals surface area contributed by atoms with E-state index in [9.17, 15) is 29.0 Å². The minimum absolute atomic E-state index is 0.0251. The number of alkyl halides is 1. The fourth-order valence-electron chi connectivity index (χ4n) is 3.68. The Balaban J connectivity index is 1.55. The predicted octanol–water partition coefficient (Wildman–Crippen LogP) is 0.195. The number of phosphoric ester groups is 1. The molecule has 214 valence electrons. The number of ether oxygens (including phenoxy) is 1. The van der Waals surface area contributed by atoms with Gasteiger partial charge in [0.2, 0.25) is 5.91 Å². The molecule has 1 aliphatic rings. The summed E-state index contributed by atoms with van der Waals surface area (Å²) in [6.45, 7) is 0.440. The molecule has 1 aliphatic heterocycles. The summed E-state index contributed by atoms with van der Waals surface area (Å²) in [4.78, 5) is 50.7. The smallest absolute Gasteiger partial charge is 0.387 e. The van der Waals surface area contributed by atoms with Crippen LogP contribution in [0.5, 0.6) is 0 Å². The predicted molar refractivity (Wildman–Crippen MR) is 139 cm³/mol. The van der Waals surface area contributed by atoms with Crippen molar-refractivity contribution in [3.05, 3.63) is 12.7 Å². The maximum Gasteiger partial charge on any atom is 0.481 e. The first-order chi connectivity index (χ1) is 17.9. The summed E-state index contributed by atoms with van der Waals surface area (Å²) in [5.41, 5.74) is 0.665. The Kier molecular flexibility index (Phi) is 11.4. The highest BCUT2D eigenvalue weighted by Crippen LogP contribution is 2.57. The van der Waals surface area contributed by atoms with E-state index in [0.717, 1.165) is 25.7 Å². The Morgan fingerprint density at radius 3 is 2.47 bits per heavy atom. The molecule has 17 nitrogen and oxygen atoms in total. The number of fused-ring (bicyclic) bond motifs is 1. The number of hydrogen-bond acceptors (Lipinski definition) is 12. The van der Waals surface area contributed by atoms with Gasteiger partial charge in [0, 0.05) is 13.1 Å². The number of anilines is 1. The zero-order valence-electron chi connectivity index (χ0n) is 19.9. The lowest BCUT2D eigenvalue weighted by Crippen LogP contribution is -2.33. The highest BCUT2D eigenvalue weighted by molar-refractivity contribution is 14.1. The average molecular weight is 694 g/mol. The molecule has 2 aromatic rings. The van der Waals surface area contributed by atoms with E-state index in [1.165, 1.54) is 17.2 Å². The van der Waals surface area contributed by atoms with Crippen LogP contribution in [0.25, 0.3) is 11.2 Å². The number of rotatable bonds is 15. The number of phosphoric acid groups is 2. The first-order valence-corrected chi connectivity index (χ1v) is 16.0. The lowest BCUT2D eigenvalue weighted by molar-refractivity contribution is -0.118. The SMILES string of the molecule is O=C(CI)NCCCCCCNc1ncnc2c1ncn2[C@@H]1O[C@H](COP(=O)(O)OP(=O)(O)O)[C@@H](O)[C@H]1O. The van der Waals surface area contributed by atoms with E-state index in [4.69, 9.17) is 14.5 Å². The van der Waals surface area contributed by atoms with Gasteiger partial charge in [-0.15, -0.1) is 0 Å². The molecule has 20 heteroatoms. The standard InChI is InChI=1S/C18H29IN6O11P2/c19-7-12(26)20-5-3-1-2-4-6-21-16-13-17(23-9-22-16)25(10-24-13)18-15(28)14(27)11(35-18)8-34-38(32,33)36-37(29,30)31/h9-11,14-15,18,27-28H,1-8H2,(H,20,26)(H,32,33)(H,21,22,23)(H2,29,30,31)/t11-,14-,15-,18-/m1/s1. The minimum atomic E-state index is -5.32. The van der Waals surface area contributed by atoms with Gasteiger partial charge in [-0.1, -0.05) is 35.4 Å². The van der Waals surface area contributed by atoms with Crippen molar-refractivity contribution in [1.82, 2.24) is 24.8 Å². The van der Waals surface area contributed by atoms with Crippen LogP contribution in [0, 0.1) is 0 Å². The molecule has 2 aromatic heterocycles. The molecule has 0 aromatic carbocycles. The van der Waals surface area contributed by atoms with Gasteiger partial charge in [0.15, 0.2) is 23.2 Å².